The minimum absolute atomic E-state index is 0.00320. The first-order valence-corrected chi connectivity index (χ1v) is 7.33. The fraction of sp³-hybridized carbons (Fsp3) is 0.111. The lowest BCUT2D eigenvalue weighted by Gasteiger charge is -2.17. The van der Waals surface area contributed by atoms with E-state index >= 15 is 0 Å². The van der Waals surface area contributed by atoms with Gasteiger partial charge in [-0.1, -0.05) is 18.2 Å². The van der Waals surface area contributed by atoms with Gasteiger partial charge in [0.1, 0.15) is 5.75 Å². The van der Waals surface area contributed by atoms with Crippen molar-refractivity contribution in [2.24, 2.45) is 0 Å². The average molecular weight is 324 g/mol. The van der Waals surface area contributed by atoms with E-state index in [1.165, 1.54) is 19.2 Å². The monoisotopic (exact) mass is 324 g/mol. The summed E-state index contributed by atoms with van der Waals surface area (Å²) in [4.78, 5) is 27.6. The smallest absolute Gasteiger partial charge is 0.333 e. The maximum atomic E-state index is 12.5. The zero-order valence-corrected chi connectivity index (χ0v) is 12.9. The van der Waals surface area contributed by atoms with Gasteiger partial charge in [0.25, 0.3) is 5.91 Å². The number of carbonyl (C=O) groups is 2. The first-order valence-electron chi connectivity index (χ1n) is 7.33. The topological polar surface area (TPSA) is 91.4 Å². The molecule has 3 rings (SSSR count). The third-order valence-corrected chi connectivity index (χ3v) is 3.73. The molecule has 0 fully saturated rings. The molecule has 0 bridgehead atoms. The number of carbonyl (C=O) groups excluding carboxylic acids is 2. The largest absolute Gasteiger partial charge is 0.508 e. The number of aromatic nitrogens is 1. The lowest BCUT2D eigenvalue weighted by atomic mass is 10.1. The SMILES string of the molecule is COC(=O)C(NC(=O)c1ccc2cc[nH]c2c1)c1cccc(O)c1. The lowest BCUT2D eigenvalue weighted by molar-refractivity contribution is -0.143. The number of ether oxygens (including phenoxy) is 1. The van der Waals surface area contributed by atoms with Gasteiger partial charge >= 0.3 is 5.97 Å². The summed E-state index contributed by atoms with van der Waals surface area (Å²) in [5.74, 6) is -1.02. The summed E-state index contributed by atoms with van der Waals surface area (Å²) in [6.07, 6.45) is 1.79. The Labute approximate surface area is 138 Å². The summed E-state index contributed by atoms with van der Waals surface area (Å²) in [5.41, 5.74) is 1.68. The predicted molar refractivity (Wildman–Crippen MR) is 88.6 cm³/mol. The van der Waals surface area contributed by atoms with Crippen LogP contribution >= 0.6 is 0 Å². The molecule has 1 unspecified atom stereocenters. The van der Waals surface area contributed by atoms with Crippen LogP contribution in [0.5, 0.6) is 5.75 Å². The van der Waals surface area contributed by atoms with Crippen LogP contribution in [0, 0.1) is 0 Å². The molecule has 6 nitrogen and oxygen atoms in total. The number of methoxy groups -OCH3 is 1. The average Bonchev–Trinajstić information content (AvgIpc) is 3.06. The normalized spacial score (nSPS) is 11.9. The number of hydrogen-bond acceptors (Lipinski definition) is 4. The number of benzene rings is 2. The summed E-state index contributed by atoms with van der Waals surface area (Å²) in [7, 11) is 1.25. The quantitative estimate of drug-likeness (QED) is 0.643. The van der Waals surface area contributed by atoms with Crippen molar-refractivity contribution in [1.29, 1.82) is 0 Å². The number of aromatic hydroxyl groups is 1. The molecule has 2 aromatic carbocycles. The molecule has 0 aliphatic carbocycles. The van der Waals surface area contributed by atoms with Crippen molar-refractivity contribution in [2.75, 3.05) is 7.11 Å². The Morgan fingerprint density at radius 1 is 1.17 bits per heavy atom. The van der Waals surface area contributed by atoms with Crippen LogP contribution in [0.1, 0.15) is 22.0 Å². The number of phenolic OH excluding ortho intramolecular Hbond substituents is 1. The van der Waals surface area contributed by atoms with E-state index in [0.717, 1.165) is 10.9 Å². The highest BCUT2D eigenvalue weighted by Crippen LogP contribution is 2.21. The zero-order chi connectivity index (χ0) is 17.1. The first kappa shape index (κ1) is 15.6. The van der Waals surface area contributed by atoms with E-state index in [4.69, 9.17) is 4.74 Å². The predicted octanol–water partition coefficient (Wildman–Crippen LogP) is 2.52. The van der Waals surface area contributed by atoms with Gasteiger partial charge in [0.2, 0.25) is 0 Å². The molecule has 122 valence electrons. The zero-order valence-electron chi connectivity index (χ0n) is 12.9. The van der Waals surface area contributed by atoms with Gasteiger partial charge in [-0.3, -0.25) is 4.79 Å². The molecule has 6 heteroatoms. The third-order valence-electron chi connectivity index (χ3n) is 3.73. The molecule has 24 heavy (non-hydrogen) atoms. The summed E-state index contributed by atoms with van der Waals surface area (Å²) in [6.45, 7) is 0. The molecule has 3 aromatic rings. The molecular weight excluding hydrogens is 308 g/mol. The van der Waals surface area contributed by atoms with Crippen LogP contribution in [0.4, 0.5) is 0 Å². The number of amides is 1. The first-order chi connectivity index (χ1) is 11.6. The van der Waals surface area contributed by atoms with E-state index in [-0.39, 0.29) is 5.75 Å². The highest BCUT2D eigenvalue weighted by Gasteiger charge is 2.24. The number of rotatable bonds is 4. The fourth-order valence-electron chi connectivity index (χ4n) is 2.50. The highest BCUT2D eigenvalue weighted by atomic mass is 16.5. The van der Waals surface area contributed by atoms with Crippen LogP contribution in [-0.2, 0) is 9.53 Å². The third kappa shape index (κ3) is 3.08. The molecule has 0 aliphatic heterocycles. The van der Waals surface area contributed by atoms with Gasteiger partial charge < -0.3 is 20.1 Å². The Kier molecular flexibility index (Phi) is 4.20. The number of esters is 1. The van der Waals surface area contributed by atoms with Crippen LogP contribution in [0.25, 0.3) is 10.9 Å². The molecule has 0 saturated heterocycles. The minimum atomic E-state index is -1.01. The number of hydrogen-bond donors (Lipinski definition) is 3. The minimum Gasteiger partial charge on any atom is -0.508 e. The Morgan fingerprint density at radius 3 is 2.75 bits per heavy atom. The molecule has 0 saturated carbocycles. The molecule has 1 atom stereocenters. The molecular formula is C18H16N2O4. The summed E-state index contributed by atoms with van der Waals surface area (Å²) < 4.78 is 4.76. The van der Waals surface area contributed by atoms with E-state index in [0.29, 0.717) is 11.1 Å². The Balaban J connectivity index is 1.88. The van der Waals surface area contributed by atoms with Gasteiger partial charge in [-0.2, -0.15) is 0 Å². The van der Waals surface area contributed by atoms with Gasteiger partial charge in [-0.05, 0) is 41.3 Å². The van der Waals surface area contributed by atoms with Crippen molar-refractivity contribution in [3.63, 3.8) is 0 Å². The molecule has 1 aromatic heterocycles. The van der Waals surface area contributed by atoms with E-state index in [1.54, 1.807) is 30.5 Å². The maximum absolute atomic E-state index is 12.5. The van der Waals surface area contributed by atoms with Crippen molar-refractivity contribution in [1.82, 2.24) is 10.3 Å². The molecule has 0 spiro atoms. The van der Waals surface area contributed by atoms with Gasteiger partial charge in [-0.25, -0.2) is 4.79 Å². The van der Waals surface area contributed by atoms with Crippen LogP contribution in [0.15, 0.2) is 54.7 Å². The van der Waals surface area contributed by atoms with Crippen molar-refractivity contribution in [3.05, 3.63) is 65.9 Å². The molecule has 1 amide bonds. The number of fused-ring (bicyclic) bond motifs is 1. The second kappa shape index (κ2) is 6.45. The number of phenols is 1. The second-order valence-electron chi connectivity index (χ2n) is 5.30. The lowest BCUT2D eigenvalue weighted by Crippen LogP contribution is -2.34. The number of H-pyrrole nitrogens is 1. The van der Waals surface area contributed by atoms with Crippen molar-refractivity contribution in [2.45, 2.75) is 6.04 Å². The van der Waals surface area contributed by atoms with Gasteiger partial charge in [-0.15, -0.1) is 0 Å². The van der Waals surface area contributed by atoms with Gasteiger partial charge in [0, 0.05) is 17.3 Å². The van der Waals surface area contributed by atoms with E-state index in [9.17, 15) is 14.7 Å². The summed E-state index contributed by atoms with van der Waals surface area (Å²) in [5, 5.41) is 13.2. The van der Waals surface area contributed by atoms with Crippen molar-refractivity contribution in [3.8, 4) is 5.75 Å². The van der Waals surface area contributed by atoms with Crippen LogP contribution in [0.3, 0.4) is 0 Å². The van der Waals surface area contributed by atoms with Gasteiger partial charge in [0.15, 0.2) is 6.04 Å². The second-order valence-corrected chi connectivity index (χ2v) is 5.30. The van der Waals surface area contributed by atoms with E-state index < -0.39 is 17.9 Å². The highest BCUT2D eigenvalue weighted by molar-refractivity contribution is 5.99. The number of aromatic amines is 1. The van der Waals surface area contributed by atoms with Crippen LogP contribution in [0.2, 0.25) is 0 Å². The Morgan fingerprint density at radius 2 is 2.00 bits per heavy atom. The fourth-order valence-corrected chi connectivity index (χ4v) is 2.50. The Hall–Kier alpha value is -3.28. The van der Waals surface area contributed by atoms with Crippen molar-refractivity contribution < 1.29 is 19.4 Å². The van der Waals surface area contributed by atoms with Crippen LogP contribution < -0.4 is 5.32 Å². The van der Waals surface area contributed by atoms with E-state index in [1.807, 2.05) is 12.1 Å². The summed E-state index contributed by atoms with van der Waals surface area (Å²) >= 11 is 0. The number of nitrogens with one attached hydrogen (secondary N) is 2. The standard InChI is InChI=1S/C18H16N2O4/c1-24-18(23)16(12-3-2-4-14(21)9-12)20-17(22)13-6-5-11-7-8-19-15(11)10-13/h2-10,16,19,21H,1H3,(H,20,22). The summed E-state index contributed by atoms with van der Waals surface area (Å²) in [6, 6.07) is 12.2. The Bertz CT molecular complexity index is 901. The maximum Gasteiger partial charge on any atom is 0.333 e. The van der Waals surface area contributed by atoms with Crippen LogP contribution in [-0.4, -0.2) is 29.1 Å². The van der Waals surface area contributed by atoms with Crippen molar-refractivity contribution >= 4 is 22.8 Å². The molecule has 3 N–H and O–H groups in total. The van der Waals surface area contributed by atoms with Gasteiger partial charge in [0.05, 0.1) is 7.11 Å². The van der Waals surface area contributed by atoms with E-state index in [2.05, 4.69) is 10.3 Å². The molecule has 0 radical (unpaired) electrons. The molecule has 0 aliphatic rings. The molecule has 1 heterocycles.